The predicted molar refractivity (Wildman–Crippen MR) is 102 cm³/mol. The van der Waals surface area contributed by atoms with E-state index in [0.717, 1.165) is 22.4 Å². The Morgan fingerprint density at radius 3 is 2.81 bits per heavy atom. The van der Waals surface area contributed by atoms with Gasteiger partial charge in [-0.25, -0.2) is 4.79 Å². The van der Waals surface area contributed by atoms with E-state index in [2.05, 4.69) is 11.4 Å². The Morgan fingerprint density at radius 2 is 2.08 bits per heavy atom. The number of hydrogen-bond acceptors (Lipinski definition) is 3. The van der Waals surface area contributed by atoms with Crippen molar-refractivity contribution in [3.05, 3.63) is 70.8 Å². The molecule has 3 rings (SSSR count). The molecule has 0 atom stereocenters. The first-order chi connectivity index (χ1) is 12.5. The molecule has 0 bridgehead atoms. The van der Waals surface area contributed by atoms with Crippen molar-refractivity contribution >= 4 is 23.8 Å². The number of rotatable bonds is 5. The van der Waals surface area contributed by atoms with Crippen molar-refractivity contribution in [3.8, 4) is 0 Å². The Kier molecular flexibility index (Phi) is 5.37. The number of hydrogen-bond donors (Lipinski definition) is 1. The summed E-state index contributed by atoms with van der Waals surface area (Å²) >= 11 is 0. The van der Waals surface area contributed by atoms with Crippen LogP contribution in [0.1, 0.15) is 22.3 Å². The molecule has 0 radical (unpaired) electrons. The van der Waals surface area contributed by atoms with Crippen LogP contribution in [0.3, 0.4) is 0 Å². The molecule has 1 aliphatic rings. The third-order valence-corrected chi connectivity index (χ3v) is 4.29. The van der Waals surface area contributed by atoms with Crippen LogP contribution in [0.15, 0.2) is 48.5 Å². The Hall–Kier alpha value is -3.08. The quantitative estimate of drug-likeness (QED) is 0.839. The smallest absolute Gasteiger partial charge is 0.414 e. The number of ether oxygens (including phenoxy) is 1. The number of aryl methyl sites for hydroxylation is 2. The van der Waals surface area contributed by atoms with E-state index < -0.39 is 0 Å². The molecule has 1 saturated heterocycles. The van der Waals surface area contributed by atoms with E-state index in [1.54, 1.807) is 11.0 Å². The summed E-state index contributed by atoms with van der Waals surface area (Å²) in [6, 6.07) is 13.7. The van der Waals surface area contributed by atoms with Crippen LogP contribution in [-0.4, -0.2) is 25.2 Å². The molecule has 0 spiro atoms. The van der Waals surface area contributed by atoms with E-state index in [-0.39, 0.29) is 12.0 Å². The summed E-state index contributed by atoms with van der Waals surface area (Å²) in [6.07, 6.45) is 3.03. The van der Waals surface area contributed by atoms with Crippen LogP contribution in [-0.2, 0) is 16.1 Å². The van der Waals surface area contributed by atoms with Crippen molar-refractivity contribution in [2.45, 2.75) is 20.4 Å². The van der Waals surface area contributed by atoms with Crippen LogP contribution < -0.4 is 10.2 Å². The van der Waals surface area contributed by atoms with Gasteiger partial charge < -0.3 is 10.1 Å². The zero-order chi connectivity index (χ0) is 18.5. The summed E-state index contributed by atoms with van der Waals surface area (Å²) in [5, 5.41) is 2.87. The maximum absolute atomic E-state index is 12.1. The number of anilines is 1. The minimum atomic E-state index is -0.331. The molecule has 5 heteroatoms. The minimum Gasteiger partial charge on any atom is -0.447 e. The summed E-state index contributed by atoms with van der Waals surface area (Å²) in [6.45, 7) is 5.42. The summed E-state index contributed by atoms with van der Waals surface area (Å²) in [7, 11) is 0. The molecule has 0 saturated carbocycles. The fraction of sp³-hybridized carbons (Fsp3) is 0.238. The van der Waals surface area contributed by atoms with Gasteiger partial charge in [0.1, 0.15) is 6.61 Å². The summed E-state index contributed by atoms with van der Waals surface area (Å²) in [5.41, 5.74) is 5.07. The first-order valence-corrected chi connectivity index (χ1v) is 8.59. The summed E-state index contributed by atoms with van der Waals surface area (Å²) in [4.78, 5) is 25.3. The lowest BCUT2D eigenvalue weighted by Crippen LogP contribution is -2.24. The normalized spacial score (nSPS) is 13.9. The summed E-state index contributed by atoms with van der Waals surface area (Å²) < 4.78 is 4.96. The number of nitrogens with one attached hydrogen (secondary N) is 1. The van der Waals surface area contributed by atoms with Gasteiger partial charge in [-0.1, -0.05) is 35.9 Å². The first-order valence-electron chi connectivity index (χ1n) is 8.59. The highest BCUT2D eigenvalue weighted by Gasteiger charge is 2.23. The fourth-order valence-corrected chi connectivity index (χ4v) is 2.89. The fourth-order valence-electron chi connectivity index (χ4n) is 2.89. The maximum atomic E-state index is 12.1. The number of cyclic esters (lactones) is 1. The average molecular weight is 350 g/mol. The van der Waals surface area contributed by atoms with Gasteiger partial charge in [-0.15, -0.1) is 0 Å². The molecule has 2 aromatic rings. The van der Waals surface area contributed by atoms with Crippen LogP contribution in [0.5, 0.6) is 0 Å². The SMILES string of the molecule is Cc1ccc(C=CC(=O)NCc2cccc(N3CCOC3=O)c2)c(C)c1. The van der Waals surface area contributed by atoms with Gasteiger partial charge in [0.25, 0.3) is 0 Å². The second kappa shape index (κ2) is 7.87. The zero-order valence-corrected chi connectivity index (χ0v) is 15.0. The Labute approximate surface area is 153 Å². The molecular weight excluding hydrogens is 328 g/mol. The molecule has 134 valence electrons. The number of carbonyl (C=O) groups excluding carboxylic acids is 2. The second-order valence-corrected chi connectivity index (χ2v) is 6.35. The van der Waals surface area contributed by atoms with E-state index >= 15 is 0 Å². The third kappa shape index (κ3) is 4.30. The van der Waals surface area contributed by atoms with Gasteiger partial charge in [-0.3, -0.25) is 9.69 Å². The van der Waals surface area contributed by atoms with Gasteiger partial charge in [-0.2, -0.15) is 0 Å². The molecule has 26 heavy (non-hydrogen) atoms. The van der Waals surface area contributed by atoms with E-state index in [9.17, 15) is 9.59 Å². The van der Waals surface area contributed by atoms with Crippen LogP contribution in [0.2, 0.25) is 0 Å². The Bertz CT molecular complexity index is 858. The van der Waals surface area contributed by atoms with Crippen LogP contribution in [0.4, 0.5) is 10.5 Å². The van der Waals surface area contributed by atoms with Gasteiger partial charge in [-0.05, 0) is 48.7 Å². The summed E-state index contributed by atoms with van der Waals surface area (Å²) in [5.74, 6) is -0.157. The average Bonchev–Trinajstić information content (AvgIpc) is 3.05. The maximum Gasteiger partial charge on any atom is 0.414 e. The van der Waals surface area contributed by atoms with E-state index in [0.29, 0.717) is 19.7 Å². The first kappa shape index (κ1) is 17.7. The monoisotopic (exact) mass is 350 g/mol. The van der Waals surface area contributed by atoms with Crippen molar-refractivity contribution < 1.29 is 14.3 Å². The molecular formula is C21H22N2O3. The second-order valence-electron chi connectivity index (χ2n) is 6.35. The molecule has 1 fully saturated rings. The standard InChI is InChI=1S/C21H22N2O3/c1-15-6-7-18(16(2)12-15)8-9-20(24)22-14-17-4-3-5-19(13-17)23-10-11-26-21(23)25/h3-9,12-13H,10-11,14H2,1-2H3,(H,22,24). The van der Waals surface area contributed by atoms with Crippen LogP contribution in [0, 0.1) is 13.8 Å². The highest BCUT2D eigenvalue weighted by atomic mass is 16.6. The number of carbonyl (C=O) groups is 2. The minimum absolute atomic E-state index is 0.157. The molecule has 2 aromatic carbocycles. The highest BCUT2D eigenvalue weighted by molar-refractivity contribution is 5.92. The molecule has 2 amide bonds. The Morgan fingerprint density at radius 1 is 1.23 bits per heavy atom. The largest absolute Gasteiger partial charge is 0.447 e. The van der Waals surface area contributed by atoms with Crippen molar-refractivity contribution in [2.75, 3.05) is 18.1 Å². The topological polar surface area (TPSA) is 58.6 Å². The number of nitrogens with zero attached hydrogens (tertiary/aromatic N) is 1. The number of amides is 2. The van der Waals surface area contributed by atoms with Crippen LogP contribution in [0.25, 0.3) is 6.08 Å². The molecule has 0 aromatic heterocycles. The van der Waals surface area contributed by atoms with Crippen LogP contribution >= 0.6 is 0 Å². The van der Waals surface area contributed by atoms with Crippen molar-refractivity contribution in [2.24, 2.45) is 0 Å². The number of benzene rings is 2. The predicted octanol–water partition coefficient (Wildman–Crippen LogP) is 3.59. The van der Waals surface area contributed by atoms with E-state index in [4.69, 9.17) is 4.74 Å². The van der Waals surface area contributed by atoms with Crippen molar-refractivity contribution in [1.29, 1.82) is 0 Å². The molecule has 0 unspecified atom stereocenters. The molecule has 1 aliphatic heterocycles. The molecule has 5 nitrogen and oxygen atoms in total. The molecule has 1 N–H and O–H groups in total. The molecule has 0 aliphatic carbocycles. The van der Waals surface area contributed by atoms with E-state index in [1.165, 1.54) is 5.56 Å². The van der Waals surface area contributed by atoms with Gasteiger partial charge in [0.2, 0.25) is 5.91 Å². The van der Waals surface area contributed by atoms with Gasteiger partial charge in [0.15, 0.2) is 0 Å². The Balaban J connectivity index is 1.59. The van der Waals surface area contributed by atoms with Crippen molar-refractivity contribution in [3.63, 3.8) is 0 Å². The van der Waals surface area contributed by atoms with Gasteiger partial charge >= 0.3 is 6.09 Å². The van der Waals surface area contributed by atoms with Gasteiger partial charge in [0.05, 0.1) is 6.54 Å². The van der Waals surface area contributed by atoms with E-state index in [1.807, 2.05) is 56.3 Å². The molecule has 1 heterocycles. The third-order valence-electron chi connectivity index (χ3n) is 4.29. The lowest BCUT2D eigenvalue weighted by atomic mass is 10.1. The zero-order valence-electron chi connectivity index (χ0n) is 15.0. The highest BCUT2D eigenvalue weighted by Crippen LogP contribution is 2.20. The lowest BCUT2D eigenvalue weighted by molar-refractivity contribution is -0.116. The van der Waals surface area contributed by atoms with Crippen molar-refractivity contribution in [1.82, 2.24) is 5.32 Å². The van der Waals surface area contributed by atoms with Gasteiger partial charge in [0, 0.05) is 18.3 Å². The lowest BCUT2D eigenvalue weighted by Gasteiger charge is -2.13.